The topological polar surface area (TPSA) is 64.4 Å². The van der Waals surface area contributed by atoms with Crippen molar-refractivity contribution in [2.24, 2.45) is 11.8 Å². The van der Waals surface area contributed by atoms with Gasteiger partial charge >= 0.3 is 0 Å². The van der Waals surface area contributed by atoms with Gasteiger partial charge in [0.15, 0.2) is 0 Å². The normalized spacial score (nSPS) is 24.5. The molecule has 1 aromatic carbocycles. The molecule has 6 nitrogen and oxygen atoms in total. The molecular weight excluding hydrogens is 330 g/mol. The lowest BCUT2D eigenvalue weighted by Crippen LogP contribution is -2.37. The Morgan fingerprint density at radius 2 is 1.96 bits per heavy atom. The number of para-hydroxylation sites is 1. The fourth-order valence-corrected chi connectivity index (χ4v) is 4.13. The fraction of sp³-hybridized carbons (Fsp3) is 0.450. The van der Waals surface area contributed by atoms with Crippen LogP contribution in [0, 0.1) is 18.8 Å². The molecule has 1 aliphatic heterocycles. The van der Waals surface area contributed by atoms with Gasteiger partial charge in [0.1, 0.15) is 18.4 Å². The number of aryl methyl sites for hydroxylation is 1. The van der Waals surface area contributed by atoms with Crippen LogP contribution in [0.4, 0.5) is 0 Å². The Balaban J connectivity index is 1.41. The molecule has 6 heteroatoms. The van der Waals surface area contributed by atoms with Crippen molar-refractivity contribution in [3.63, 3.8) is 0 Å². The third-order valence-corrected chi connectivity index (χ3v) is 5.46. The van der Waals surface area contributed by atoms with E-state index in [0.29, 0.717) is 18.4 Å². The average molecular weight is 353 g/mol. The first-order valence-electron chi connectivity index (χ1n) is 9.14. The number of carbonyl (C=O) groups excluding carboxylic acids is 1. The molecule has 1 saturated carbocycles. The van der Waals surface area contributed by atoms with E-state index in [1.165, 1.54) is 10.7 Å². The summed E-state index contributed by atoms with van der Waals surface area (Å²) in [6, 6.07) is 13.0. The van der Waals surface area contributed by atoms with Crippen LogP contribution in [0.15, 0.2) is 47.3 Å². The second-order valence-electron chi connectivity index (χ2n) is 7.24. The third kappa shape index (κ3) is 3.36. The first-order valence-corrected chi connectivity index (χ1v) is 9.14. The maximum absolute atomic E-state index is 12.7. The standard InChI is InChI=1S/C20H23N3O3/c1-14-7-10-19(24)23(21-14)13-20(25)22-11-15-8-9-18(17(15)12-22)26-16-5-3-2-4-6-16/h2-7,10,15,17-18H,8-9,11-13H2,1H3/t15-,17+,18-/m0/s1. The number of nitrogens with zero attached hydrogens (tertiary/aromatic N) is 3. The molecule has 0 spiro atoms. The van der Waals surface area contributed by atoms with E-state index in [4.69, 9.17) is 4.74 Å². The molecule has 26 heavy (non-hydrogen) atoms. The number of amides is 1. The van der Waals surface area contributed by atoms with Crippen molar-refractivity contribution < 1.29 is 9.53 Å². The van der Waals surface area contributed by atoms with Crippen molar-refractivity contribution in [3.8, 4) is 5.75 Å². The lowest BCUT2D eigenvalue weighted by atomic mass is 9.99. The predicted molar refractivity (Wildman–Crippen MR) is 96.9 cm³/mol. The zero-order chi connectivity index (χ0) is 18.1. The first kappa shape index (κ1) is 16.8. The second kappa shape index (κ2) is 6.94. The van der Waals surface area contributed by atoms with Crippen molar-refractivity contribution in [1.82, 2.24) is 14.7 Å². The number of ether oxygens (including phenoxy) is 1. The molecule has 3 atom stereocenters. The maximum atomic E-state index is 12.7. The van der Waals surface area contributed by atoms with Crippen LogP contribution < -0.4 is 10.3 Å². The Morgan fingerprint density at radius 3 is 2.77 bits per heavy atom. The summed E-state index contributed by atoms with van der Waals surface area (Å²) >= 11 is 0. The SMILES string of the molecule is Cc1ccc(=O)n(CC(=O)N2C[C@@H]3CC[C@H](Oc4ccccc4)[C@@H]3C2)n1. The van der Waals surface area contributed by atoms with Crippen LogP contribution in [0.2, 0.25) is 0 Å². The van der Waals surface area contributed by atoms with Crippen molar-refractivity contribution in [2.45, 2.75) is 32.4 Å². The van der Waals surface area contributed by atoms with Gasteiger partial charge in [-0.15, -0.1) is 0 Å². The monoisotopic (exact) mass is 353 g/mol. The average Bonchev–Trinajstić information content (AvgIpc) is 3.21. The predicted octanol–water partition coefficient (Wildman–Crippen LogP) is 1.87. The van der Waals surface area contributed by atoms with Gasteiger partial charge in [0.2, 0.25) is 5.91 Å². The molecule has 1 saturated heterocycles. The number of hydrogen-bond donors (Lipinski definition) is 0. The summed E-state index contributed by atoms with van der Waals surface area (Å²) in [5.41, 5.74) is 0.487. The van der Waals surface area contributed by atoms with Crippen LogP contribution in [0.25, 0.3) is 0 Å². The molecule has 4 rings (SSSR count). The molecule has 136 valence electrons. The van der Waals surface area contributed by atoms with Gasteiger partial charge in [-0.1, -0.05) is 18.2 Å². The summed E-state index contributed by atoms with van der Waals surface area (Å²) in [5, 5.41) is 4.16. The van der Waals surface area contributed by atoms with Crippen molar-refractivity contribution >= 4 is 5.91 Å². The molecule has 1 aromatic heterocycles. The Morgan fingerprint density at radius 1 is 1.15 bits per heavy atom. The molecular formula is C20H23N3O3. The summed E-state index contributed by atoms with van der Waals surface area (Å²) in [4.78, 5) is 26.4. The van der Waals surface area contributed by atoms with Gasteiger partial charge in [-0.2, -0.15) is 5.10 Å². The van der Waals surface area contributed by atoms with Crippen molar-refractivity contribution in [2.75, 3.05) is 13.1 Å². The summed E-state index contributed by atoms with van der Waals surface area (Å²) in [5.74, 6) is 1.69. The van der Waals surface area contributed by atoms with Crippen LogP contribution in [0.5, 0.6) is 5.75 Å². The number of likely N-dealkylation sites (tertiary alicyclic amines) is 1. The number of rotatable bonds is 4. The summed E-state index contributed by atoms with van der Waals surface area (Å²) < 4.78 is 7.42. The minimum Gasteiger partial charge on any atom is -0.490 e. The van der Waals surface area contributed by atoms with Gasteiger partial charge < -0.3 is 9.64 Å². The van der Waals surface area contributed by atoms with E-state index >= 15 is 0 Å². The Hall–Kier alpha value is -2.63. The number of hydrogen-bond acceptors (Lipinski definition) is 4. The van der Waals surface area contributed by atoms with Crippen LogP contribution in [-0.2, 0) is 11.3 Å². The van der Waals surface area contributed by atoms with Crippen molar-refractivity contribution in [3.05, 3.63) is 58.5 Å². The van der Waals surface area contributed by atoms with Crippen molar-refractivity contribution in [1.29, 1.82) is 0 Å². The molecule has 2 aromatic rings. The van der Waals surface area contributed by atoms with E-state index in [9.17, 15) is 9.59 Å². The quantitative estimate of drug-likeness (QED) is 0.842. The highest BCUT2D eigenvalue weighted by Crippen LogP contribution is 2.40. The molecule has 1 amide bonds. The molecule has 0 radical (unpaired) electrons. The number of aromatic nitrogens is 2. The Bertz CT molecular complexity index is 849. The van der Waals surface area contributed by atoms with Crippen LogP contribution in [0.3, 0.4) is 0 Å². The zero-order valence-electron chi connectivity index (χ0n) is 14.9. The molecule has 2 aliphatic rings. The van der Waals surface area contributed by atoms with E-state index in [1.807, 2.05) is 42.2 Å². The number of fused-ring (bicyclic) bond motifs is 1. The highest BCUT2D eigenvalue weighted by atomic mass is 16.5. The smallest absolute Gasteiger partial charge is 0.267 e. The van der Waals surface area contributed by atoms with Crippen LogP contribution in [0.1, 0.15) is 18.5 Å². The Kier molecular flexibility index (Phi) is 4.49. The first-order chi connectivity index (χ1) is 12.6. The molecule has 0 N–H and O–H groups in total. The maximum Gasteiger partial charge on any atom is 0.267 e. The van der Waals surface area contributed by atoms with Gasteiger partial charge in [-0.25, -0.2) is 4.68 Å². The van der Waals surface area contributed by atoms with Gasteiger partial charge in [-0.3, -0.25) is 9.59 Å². The van der Waals surface area contributed by atoms with E-state index in [2.05, 4.69) is 5.10 Å². The van der Waals surface area contributed by atoms with E-state index in [-0.39, 0.29) is 24.1 Å². The number of carbonyl (C=O) groups is 1. The van der Waals surface area contributed by atoms with E-state index in [1.54, 1.807) is 6.07 Å². The second-order valence-corrected chi connectivity index (χ2v) is 7.24. The minimum absolute atomic E-state index is 0.00413. The lowest BCUT2D eigenvalue weighted by Gasteiger charge is -2.22. The zero-order valence-corrected chi connectivity index (χ0v) is 14.9. The van der Waals surface area contributed by atoms with Gasteiger partial charge in [0.05, 0.1) is 5.69 Å². The molecule has 0 unspecified atom stereocenters. The third-order valence-electron chi connectivity index (χ3n) is 5.46. The summed E-state index contributed by atoms with van der Waals surface area (Å²) in [6.07, 6.45) is 2.26. The summed E-state index contributed by atoms with van der Waals surface area (Å²) in [6.45, 7) is 3.26. The van der Waals surface area contributed by atoms with E-state index in [0.717, 1.165) is 30.8 Å². The number of benzene rings is 1. The molecule has 2 fully saturated rings. The minimum atomic E-state index is -0.242. The van der Waals surface area contributed by atoms with E-state index < -0.39 is 0 Å². The largest absolute Gasteiger partial charge is 0.490 e. The van der Waals surface area contributed by atoms with Gasteiger partial charge in [0, 0.05) is 25.1 Å². The van der Waals surface area contributed by atoms with Gasteiger partial charge in [0.25, 0.3) is 5.56 Å². The summed E-state index contributed by atoms with van der Waals surface area (Å²) in [7, 11) is 0. The lowest BCUT2D eigenvalue weighted by molar-refractivity contribution is -0.131. The van der Waals surface area contributed by atoms with Gasteiger partial charge in [-0.05, 0) is 43.9 Å². The van der Waals surface area contributed by atoms with Crippen LogP contribution >= 0.6 is 0 Å². The highest BCUT2D eigenvalue weighted by Gasteiger charge is 2.45. The molecule has 0 bridgehead atoms. The fourth-order valence-electron chi connectivity index (χ4n) is 4.13. The molecule has 1 aliphatic carbocycles. The van der Waals surface area contributed by atoms with Crippen LogP contribution in [-0.4, -0.2) is 39.8 Å². The molecule has 2 heterocycles. The highest BCUT2D eigenvalue weighted by molar-refractivity contribution is 5.76. The Labute approximate surface area is 152 Å².